The Morgan fingerprint density at radius 2 is 1.89 bits per heavy atom. The zero-order valence-corrected chi connectivity index (χ0v) is 12.0. The Kier molecular flexibility index (Phi) is 5.63. The standard InChI is InChI=1S/C14H22N2O3/c1-5-10-8-13(19-4)11(9-12(10)18-3)16(2)14(17)6-7-15/h8-9H,5-7,15H2,1-4H3. The number of nitrogens with two attached hydrogens (primary N) is 1. The van der Waals surface area contributed by atoms with Gasteiger partial charge in [0.1, 0.15) is 11.5 Å². The molecule has 0 radical (unpaired) electrons. The van der Waals surface area contributed by atoms with E-state index in [0.717, 1.165) is 17.7 Å². The lowest BCUT2D eigenvalue weighted by molar-refractivity contribution is -0.118. The highest BCUT2D eigenvalue weighted by Gasteiger charge is 2.17. The van der Waals surface area contributed by atoms with Gasteiger partial charge in [0.25, 0.3) is 0 Å². The first kappa shape index (κ1) is 15.3. The molecule has 0 atom stereocenters. The monoisotopic (exact) mass is 266 g/mol. The number of benzene rings is 1. The summed E-state index contributed by atoms with van der Waals surface area (Å²) in [5.41, 5.74) is 7.15. The molecule has 0 unspecified atom stereocenters. The van der Waals surface area contributed by atoms with E-state index in [9.17, 15) is 4.79 Å². The molecular formula is C14H22N2O3. The van der Waals surface area contributed by atoms with Gasteiger partial charge in [0.2, 0.25) is 5.91 Å². The Balaban J connectivity index is 3.21. The summed E-state index contributed by atoms with van der Waals surface area (Å²) in [5, 5.41) is 0. The third-order valence-electron chi connectivity index (χ3n) is 3.06. The van der Waals surface area contributed by atoms with Crippen molar-refractivity contribution >= 4 is 11.6 Å². The maximum absolute atomic E-state index is 11.9. The highest BCUT2D eigenvalue weighted by molar-refractivity contribution is 5.94. The van der Waals surface area contributed by atoms with Crippen LogP contribution in [0.5, 0.6) is 11.5 Å². The lowest BCUT2D eigenvalue weighted by atomic mass is 10.1. The first-order valence-corrected chi connectivity index (χ1v) is 6.30. The van der Waals surface area contributed by atoms with E-state index < -0.39 is 0 Å². The highest BCUT2D eigenvalue weighted by Crippen LogP contribution is 2.35. The van der Waals surface area contributed by atoms with Gasteiger partial charge in [-0.25, -0.2) is 0 Å². The van der Waals surface area contributed by atoms with Crippen molar-refractivity contribution in [3.63, 3.8) is 0 Å². The van der Waals surface area contributed by atoms with Gasteiger partial charge in [0, 0.05) is 26.1 Å². The van der Waals surface area contributed by atoms with Crippen LogP contribution in [0.2, 0.25) is 0 Å². The quantitative estimate of drug-likeness (QED) is 0.849. The van der Waals surface area contributed by atoms with Gasteiger partial charge in [-0.2, -0.15) is 0 Å². The number of anilines is 1. The smallest absolute Gasteiger partial charge is 0.228 e. The largest absolute Gasteiger partial charge is 0.496 e. The summed E-state index contributed by atoms with van der Waals surface area (Å²) in [6.45, 7) is 2.37. The molecule has 0 spiro atoms. The van der Waals surface area contributed by atoms with Gasteiger partial charge >= 0.3 is 0 Å². The molecule has 19 heavy (non-hydrogen) atoms. The van der Waals surface area contributed by atoms with Crippen LogP contribution in [0.15, 0.2) is 12.1 Å². The van der Waals surface area contributed by atoms with E-state index in [1.165, 1.54) is 0 Å². The van der Waals surface area contributed by atoms with Crippen LogP contribution in [0.1, 0.15) is 18.9 Å². The van der Waals surface area contributed by atoms with Crippen LogP contribution in [0.25, 0.3) is 0 Å². The number of nitrogens with zero attached hydrogens (tertiary/aromatic N) is 1. The summed E-state index contributed by atoms with van der Waals surface area (Å²) in [6.07, 6.45) is 1.14. The first-order chi connectivity index (χ1) is 9.08. The number of hydrogen-bond donors (Lipinski definition) is 1. The van der Waals surface area contributed by atoms with Crippen molar-refractivity contribution in [2.24, 2.45) is 5.73 Å². The fraction of sp³-hybridized carbons (Fsp3) is 0.500. The van der Waals surface area contributed by atoms with E-state index in [1.807, 2.05) is 19.1 Å². The van der Waals surface area contributed by atoms with Crippen molar-refractivity contribution in [3.05, 3.63) is 17.7 Å². The van der Waals surface area contributed by atoms with Gasteiger partial charge < -0.3 is 20.1 Å². The van der Waals surface area contributed by atoms with Crippen molar-refractivity contribution in [3.8, 4) is 11.5 Å². The molecule has 5 heteroatoms. The number of hydrogen-bond acceptors (Lipinski definition) is 4. The van der Waals surface area contributed by atoms with Crippen molar-refractivity contribution < 1.29 is 14.3 Å². The summed E-state index contributed by atoms with van der Waals surface area (Å²) in [6, 6.07) is 3.73. The molecular weight excluding hydrogens is 244 g/mol. The van der Waals surface area contributed by atoms with E-state index in [-0.39, 0.29) is 5.91 Å². The molecule has 0 aliphatic heterocycles. The molecule has 1 aromatic carbocycles. The fourth-order valence-corrected chi connectivity index (χ4v) is 1.91. The maximum Gasteiger partial charge on any atom is 0.228 e. The van der Waals surface area contributed by atoms with Crippen LogP contribution in [-0.4, -0.2) is 33.7 Å². The van der Waals surface area contributed by atoms with Gasteiger partial charge in [-0.1, -0.05) is 6.92 Å². The molecule has 1 aromatic rings. The zero-order valence-electron chi connectivity index (χ0n) is 12.0. The van der Waals surface area contributed by atoms with E-state index in [4.69, 9.17) is 15.2 Å². The van der Waals surface area contributed by atoms with Crippen LogP contribution >= 0.6 is 0 Å². The van der Waals surface area contributed by atoms with E-state index in [0.29, 0.717) is 24.4 Å². The third-order valence-corrected chi connectivity index (χ3v) is 3.06. The number of carbonyl (C=O) groups excluding carboxylic acids is 1. The maximum atomic E-state index is 11.9. The topological polar surface area (TPSA) is 64.8 Å². The number of rotatable bonds is 6. The predicted molar refractivity (Wildman–Crippen MR) is 76.0 cm³/mol. The molecule has 0 saturated heterocycles. The average molecular weight is 266 g/mol. The molecule has 0 fully saturated rings. The highest BCUT2D eigenvalue weighted by atomic mass is 16.5. The Morgan fingerprint density at radius 1 is 1.26 bits per heavy atom. The molecule has 0 heterocycles. The van der Waals surface area contributed by atoms with Crippen molar-refractivity contribution in [1.82, 2.24) is 0 Å². The van der Waals surface area contributed by atoms with Gasteiger partial charge in [-0.15, -0.1) is 0 Å². The number of aryl methyl sites for hydroxylation is 1. The summed E-state index contributed by atoms with van der Waals surface area (Å²) < 4.78 is 10.7. The molecule has 2 N–H and O–H groups in total. The van der Waals surface area contributed by atoms with E-state index in [1.54, 1.807) is 26.2 Å². The number of ether oxygens (including phenoxy) is 2. The number of carbonyl (C=O) groups is 1. The second kappa shape index (κ2) is 6.99. The minimum Gasteiger partial charge on any atom is -0.496 e. The van der Waals surface area contributed by atoms with Crippen molar-refractivity contribution in [2.75, 3.05) is 32.7 Å². The Hall–Kier alpha value is -1.75. The van der Waals surface area contributed by atoms with Gasteiger partial charge in [-0.05, 0) is 18.1 Å². The molecule has 1 rings (SSSR count). The van der Waals surface area contributed by atoms with Crippen LogP contribution in [0, 0.1) is 0 Å². The Labute approximate surface area is 114 Å². The van der Waals surface area contributed by atoms with Gasteiger partial charge in [0.05, 0.1) is 19.9 Å². The Bertz CT molecular complexity index is 447. The average Bonchev–Trinajstić information content (AvgIpc) is 2.45. The molecule has 0 saturated carbocycles. The van der Waals surface area contributed by atoms with Gasteiger partial charge in [0.15, 0.2) is 0 Å². The lowest BCUT2D eigenvalue weighted by Gasteiger charge is -2.22. The Morgan fingerprint density at radius 3 is 2.37 bits per heavy atom. The SMILES string of the molecule is CCc1cc(OC)c(N(C)C(=O)CCN)cc1OC. The van der Waals surface area contributed by atoms with Gasteiger partial charge in [-0.3, -0.25) is 4.79 Å². The molecule has 1 amide bonds. The molecule has 0 aromatic heterocycles. The zero-order chi connectivity index (χ0) is 14.4. The molecule has 0 aliphatic carbocycles. The number of methoxy groups -OCH3 is 2. The van der Waals surface area contributed by atoms with Crippen LogP contribution in [0.4, 0.5) is 5.69 Å². The summed E-state index contributed by atoms with van der Waals surface area (Å²) in [4.78, 5) is 13.5. The summed E-state index contributed by atoms with van der Waals surface area (Å²) in [7, 11) is 4.92. The fourth-order valence-electron chi connectivity index (χ4n) is 1.91. The predicted octanol–water partition coefficient (Wildman–Crippen LogP) is 1.58. The second-order valence-electron chi connectivity index (χ2n) is 4.18. The molecule has 5 nitrogen and oxygen atoms in total. The minimum atomic E-state index is -0.0490. The first-order valence-electron chi connectivity index (χ1n) is 6.30. The van der Waals surface area contributed by atoms with Crippen LogP contribution in [-0.2, 0) is 11.2 Å². The van der Waals surface area contributed by atoms with Crippen molar-refractivity contribution in [2.45, 2.75) is 19.8 Å². The second-order valence-corrected chi connectivity index (χ2v) is 4.18. The molecule has 106 valence electrons. The van der Waals surface area contributed by atoms with Crippen LogP contribution in [0.3, 0.4) is 0 Å². The van der Waals surface area contributed by atoms with Crippen LogP contribution < -0.4 is 20.1 Å². The molecule has 0 aliphatic rings. The van der Waals surface area contributed by atoms with E-state index >= 15 is 0 Å². The number of amides is 1. The summed E-state index contributed by atoms with van der Waals surface area (Å²) in [5.74, 6) is 1.36. The van der Waals surface area contributed by atoms with E-state index in [2.05, 4.69) is 0 Å². The molecule has 0 bridgehead atoms. The third kappa shape index (κ3) is 3.38. The normalized spacial score (nSPS) is 10.2. The minimum absolute atomic E-state index is 0.0490. The lowest BCUT2D eigenvalue weighted by Crippen LogP contribution is -2.28. The van der Waals surface area contributed by atoms with Crippen molar-refractivity contribution in [1.29, 1.82) is 0 Å². The summed E-state index contributed by atoms with van der Waals surface area (Å²) >= 11 is 0.